The van der Waals surface area contributed by atoms with Crippen molar-refractivity contribution in [2.24, 2.45) is 5.73 Å². The van der Waals surface area contributed by atoms with Gasteiger partial charge in [0.05, 0.1) is 6.20 Å². The van der Waals surface area contributed by atoms with Crippen molar-refractivity contribution >= 4 is 10.0 Å². The highest BCUT2D eigenvalue weighted by Crippen LogP contribution is 2.16. The van der Waals surface area contributed by atoms with Crippen LogP contribution in [0.1, 0.15) is 5.56 Å². The Balaban J connectivity index is 2.26. The second-order valence-corrected chi connectivity index (χ2v) is 5.98. The summed E-state index contributed by atoms with van der Waals surface area (Å²) in [4.78, 5) is 0.150. The van der Waals surface area contributed by atoms with Crippen LogP contribution in [-0.2, 0) is 16.6 Å². The molecule has 102 valence electrons. The van der Waals surface area contributed by atoms with Crippen LogP contribution >= 0.6 is 0 Å². The lowest BCUT2D eigenvalue weighted by molar-refractivity contribution is 0.414. The SMILES string of the molecule is NCCN(Cc1ccccc1)S(=O)(=O)c1cn[nH]c1. The summed E-state index contributed by atoms with van der Waals surface area (Å²) in [5, 5.41) is 6.19. The van der Waals surface area contributed by atoms with E-state index in [1.807, 2.05) is 30.3 Å². The van der Waals surface area contributed by atoms with Gasteiger partial charge in [-0.2, -0.15) is 9.40 Å². The fraction of sp³-hybridized carbons (Fsp3) is 0.250. The molecule has 7 heteroatoms. The number of nitrogens with two attached hydrogens (primary N) is 1. The quantitative estimate of drug-likeness (QED) is 0.808. The smallest absolute Gasteiger partial charge is 0.246 e. The zero-order valence-electron chi connectivity index (χ0n) is 10.4. The predicted molar refractivity (Wildman–Crippen MR) is 71.7 cm³/mol. The lowest BCUT2D eigenvalue weighted by atomic mass is 10.2. The summed E-state index contributed by atoms with van der Waals surface area (Å²) in [5.41, 5.74) is 6.42. The molecule has 0 saturated carbocycles. The normalized spacial score (nSPS) is 11.9. The summed E-state index contributed by atoms with van der Waals surface area (Å²) in [7, 11) is -3.56. The van der Waals surface area contributed by atoms with E-state index in [-0.39, 0.29) is 18.0 Å². The number of benzene rings is 1. The molecule has 0 atom stereocenters. The van der Waals surface area contributed by atoms with Crippen molar-refractivity contribution in [2.75, 3.05) is 13.1 Å². The van der Waals surface area contributed by atoms with Gasteiger partial charge in [-0.15, -0.1) is 0 Å². The molecule has 1 aromatic carbocycles. The highest BCUT2D eigenvalue weighted by Gasteiger charge is 2.24. The van der Waals surface area contributed by atoms with Crippen LogP contribution < -0.4 is 5.73 Å². The van der Waals surface area contributed by atoms with Gasteiger partial charge in [-0.25, -0.2) is 8.42 Å². The van der Waals surface area contributed by atoms with E-state index in [1.165, 1.54) is 16.7 Å². The van der Waals surface area contributed by atoms with Crippen molar-refractivity contribution in [1.29, 1.82) is 0 Å². The Labute approximate surface area is 112 Å². The molecule has 0 spiro atoms. The van der Waals surface area contributed by atoms with E-state index >= 15 is 0 Å². The van der Waals surface area contributed by atoms with Crippen LogP contribution in [0.4, 0.5) is 0 Å². The van der Waals surface area contributed by atoms with E-state index in [2.05, 4.69) is 10.2 Å². The summed E-state index contributed by atoms with van der Waals surface area (Å²) < 4.78 is 26.2. The Morgan fingerprint density at radius 1 is 1.26 bits per heavy atom. The molecule has 6 nitrogen and oxygen atoms in total. The molecule has 1 aromatic heterocycles. The third-order valence-electron chi connectivity index (χ3n) is 2.69. The summed E-state index contributed by atoms with van der Waals surface area (Å²) in [6.45, 7) is 0.831. The van der Waals surface area contributed by atoms with Crippen molar-refractivity contribution in [3.05, 3.63) is 48.3 Å². The molecule has 0 aliphatic rings. The molecule has 0 bridgehead atoms. The molecular weight excluding hydrogens is 264 g/mol. The van der Waals surface area contributed by atoms with Gasteiger partial charge in [-0.05, 0) is 5.56 Å². The van der Waals surface area contributed by atoms with Crippen molar-refractivity contribution < 1.29 is 8.42 Å². The number of nitrogens with zero attached hydrogens (tertiary/aromatic N) is 2. The first-order valence-electron chi connectivity index (χ1n) is 5.87. The maximum absolute atomic E-state index is 12.4. The van der Waals surface area contributed by atoms with Crippen LogP contribution in [0.25, 0.3) is 0 Å². The van der Waals surface area contributed by atoms with E-state index in [1.54, 1.807) is 0 Å². The van der Waals surface area contributed by atoms with Gasteiger partial charge >= 0.3 is 0 Å². The van der Waals surface area contributed by atoms with Crippen LogP contribution in [0.3, 0.4) is 0 Å². The van der Waals surface area contributed by atoms with E-state index in [4.69, 9.17) is 5.73 Å². The van der Waals surface area contributed by atoms with Gasteiger partial charge in [0.25, 0.3) is 0 Å². The highest BCUT2D eigenvalue weighted by atomic mass is 32.2. The van der Waals surface area contributed by atoms with Gasteiger partial charge in [-0.1, -0.05) is 30.3 Å². The first kappa shape index (κ1) is 13.7. The summed E-state index contributed by atoms with van der Waals surface area (Å²) in [6.07, 6.45) is 2.66. The second-order valence-electron chi connectivity index (χ2n) is 4.05. The van der Waals surface area contributed by atoms with Crippen LogP contribution in [0, 0.1) is 0 Å². The van der Waals surface area contributed by atoms with E-state index in [9.17, 15) is 8.42 Å². The molecule has 19 heavy (non-hydrogen) atoms. The maximum Gasteiger partial charge on any atom is 0.246 e. The van der Waals surface area contributed by atoms with Crippen LogP contribution in [0.15, 0.2) is 47.6 Å². The molecule has 3 N–H and O–H groups in total. The van der Waals surface area contributed by atoms with Gasteiger partial charge in [0, 0.05) is 25.8 Å². The van der Waals surface area contributed by atoms with Crippen molar-refractivity contribution in [1.82, 2.24) is 14.5 Å². The van der Waals surface area contributed by atoms with Crippen molar-refractivity contribution in [2.45, 2.75) is 11.4 Å². The van der Waals surface area contributed by atoms with Crippen LogP contribution in [0.5, 0.6) is 0 Å². The van der Waals surface area contributed by atoms with E-state index < -0.39 is 10.0 Å². The summed E-state index contributed by atoms with van der Waals surface area (Å²) in [5.74, 6) is 0. The molecule has 0 aliphatic heterocycles. The molecule has 0 unspecified atom stereocenters. The van der Waals surface area contributed by atoms with Gasteiger partial charge < -0.3 is 5.73 Å². The largest absolute Gasteiger partial charge is 0.329 e. The van der Waals surface area contributed by atoms with Crippen LogP contribution in [-0.4, -0.2) is 36.0 Å². The lowest BCUT2D eigenvalue weighted by Gasteiger charge is -2.20. The second kappa shape index (κ2) is 5.96. The number of hydrogen-bond donors (Lipinski definition) is 2. The number of sulfonamides is 1. The average Bonchev–Trinajstić information content (AvgIpc) is 2.94. The Morgan fingerprint density at radius 3 is 2.58 bits per heavy atom. The monoisotopic (exact) mass is 280 g/mol. The molecule has 2 rings (SSSR count). The van der Waals surface area contributed by atoms with E-state index in [0.717, 1.165) is 5.56 Å². The number of rotatable bonds is 6. The minimum atomic E-state index is -3.56. The highest BCUT2D eigenvalue weighted by molar-refractivity contribution is 7.89. The Bertz CT molecular complexity index is 596. The Kier molecular flexibility index (Phi) is 4.31. The van der Waals surface area contributed by atoms with Crippen LogP contribution in [0.2, 0.25) is 0 Å². The summed E-state index contributed by atoms with van der Waals surface area (Å²) >= 11 is 0. The zero-order chi connectivity index (χ0) is 13.7. The minimum Gasteiger partial charge on any atom is -0.329 e. The topological polar surface area (TPSA) is 92.1 Å². The summed E-state index contributed by atoms with van der Waals surface area (Å²) in [6, 6.07) is 9.41. The number of H-pyrrole nitrogens is 1. The fourth-order valence-corrected chi connectivity index (χ4v) is 3.09. The molecule has 1 heterocycles. The lowest BCUT2D eigenvalue weighted by Crippen LogP contribution is -2.34. The van der Waals surface area contributed by atoms with Gasteiger partial charge in [0.1, 0.15) is 4.90 Å². The number of aromatic nitrogens is 2. The Morgan fingerprint density at radius 2 is 2.00 bits per heavy atom. The van der Waals surface area contributed by atoms with E-state index in [0.29, 0.717) is 6.54 Å². The average molecular weight is 280 g/mol. The first-order valence-corrected chi connectivity index (χ1v) is 7.31. The number of nitrogens with one attached hydrogen (secondary N) is 1. The Hall–Kier alpha value is -1.70. The predicted octanol–water partition coefficient (Wildman–Crippen LogP) is 0.559. The molecule has 0 saturated heterocycles. The zero-order valence-corrected chi connectivity index (χ0v) is 11.2. The minimum absolute atomic E-state index is 0.150. The van der Waals surface area contributed by atoms with Gasteiger partial charge in [0.15, 0.2) is 0 Å². The molecule has 0 fully saturated rings. The molecule has 0 amide bonds. The first-order chi connectivity index (χ1) is 9.14. The van der Waals surface area contributed by atoms with Gasteiger partial charge in [0.2, 0.25) is 10.0 Å². The standard InChI is InChI=1S/C12H16N4O2S/c13-6-7-16(10-11-4-2-1-3-5-11)19(17,18)12-8-14-15-9-12/h1-5,8-9H,6-7,10,13H2,(H,14,15). The number of hydrogen-bond acceptors (Lipinski definition) is 4. The van der Waals surface area contributed by atoms with Gasteiger partial charge in [-0.3, -0.25) is 5.10 Å². The molecule has 0 radical (unpaired) electrons. The maximum atomic E-state index is 12.4. The molecule has 2 aromatic rings. The third kappa shape index (κ3) is 3.19. The fourth-order valence-electron chi connectivity index (χ4n) is 1.74. The third-order valence-corrected chi connectivity index (χ3v) is 4.50. The molecule has 0 aliphatic carbocycles. The number of aromatic amines is 1. The van der Waals surface area contributed by atoms with Crippen molar-refractivity contribution in [3.63, 3.8) is 0 Å². The van der Waals surface area contributed by atoms with Crippen molar-refractivity contribution in [3.8, 4) is 0 Å². The molecular formula is C12H16N4O2S.